The molecule has 0 bridgehead atoms. The highest BCUT2D eigenvalue weighted by molar-refractivity contribution is 5.90. The number of esters is 3. The Labute approximate surface area is 182 Å². The van der Waals surface area contributed by atoms with Crippen LogP contribution >= 0.6 is 0 Å². The minimum atomic E-state index is -0.435. The Bertz CT molecular complexity index is 829. The molecule has 0 spiro atoms. The SMILES string of the molecule is CC(=O)OCCCCC(C)=C(COC(=O)c1ccccc1)COC(=O)c1ccccc1. The van der Waals surface area contributed by atoms with Gasteiger partial charge < -0.3 is 14.2 Å². The van der Waals surface area contributed by atoms with E-state index in [2.05, 4.69) is 0 Å². The van der Waals surface area contributed by atoms with Gasteiger partial charge in [-0.2, -0.15) is 0 Å². The Morgan fingerprint density at radius 2 is 1.16 bits per heavy atom. The number of hydrogen-bond acceptors (Lipinski definition) is 6. The van der Waals surface area contributed by atoms with Crippen LogP contribution in [0.3, 0.4) is 0 Å². The molecule has 164 valence electrons. The van der Waals surface area contributed by atoms with Gasteiger partial charge in [0.25, 0.3) is 0 Å². The second-order valence-electron chi connectivity index (χ2n) is 7.07. The van der Waals surface area contributed by atoms with E-state index in [4.69, 9.17) is 14.2 Å². The normalized spacial score (nSPS) is 10.1. The van der Waals surface area contributed by atoms with E-state index in [1.807, 2.05) is 19.1 Å². The van der Waals surface area contributed by atoms with Gasteiger partial charge >= 0.3 is 17.9 Å². The van der Waals surface area contributed by atoms with Crippen molar-refractivity contribution in [3.05, 3.63) is 82.9 Å². The lowest BCUT2D eigenvalue weighted by atomic mass is 10.0. The monoisotopic (exact) mass is 424 g/mol. The van der Waals surface area contributed by atoms with Crippen molar-refractivity contribution in [1.29, 1.82) is 0 Å². The third kappa shape index (κ3) is 8.86. The third-order valence-electron chi connectivity index (χ3n) is 4.63. The zero-order chi connectivity index (χ0) is 22.5. The molecule has 31 heavy (non-hydrogen) atoms. The average Bonchev–Trinajstić information content (AvgIpc) is 2.79. The Kier molecular flexibility index (Phi) is 10.0. The topological polar surface area (TPSA) is 78.9 Å². The summed E-state index contributed by atoms with van der Waals surface area (Å²) in [5.41, 5.74) is 2.63. The van der Waals surface area contributed by atoms with Crippen LogP contribution in [-0.4, -0.2) is 37.7 Å². The number of carbonyl (C=O) groups excluding carboxylic acids is 3. The molecule has 0 fully saturated rings. The lowest BCUT2D eigenvalue weighted by Gasteiger charge is -2.14. The lowest BCUT2D eigenvalue weighted by molar-refractivity contribution is -0.141. The summed E-state index contributed by atoms with van der Waals surface area (Å²) >= 11 is 0. The van der Waals surface area contributed by atoms with Crippen LogP contribution in [0.5, 0.6) is 0 Å². The van der Waals surface area contributed by atoms with Crippen molar-refractivity contribution in [3.8, 4) is 0 Å². The molecule has 0 amide bonds. The molecule has 6 heteroatoms. The Morgan fingerprint density at radius 1 is 0.677 bits per heavy atom. The molecule has 0 radical (unpaired) electrons. The smallest absolute Gasteiger partial charge is 0.338 e. The van der Waals surface area contributed by atoms with Crippen molar-refractivity contribution in [2.45, 2.75) is 33.1 Å². The first-order valence-electron chi connectivity index (χ1n) is 10.2. The molecule has 0 saturated carbocycles. The molecule has 2 aromatic carbocycles. The van der Waals surface area contributed by atoms with Crippen molar-refractivity contribution in [3.63, 3.8) is 0 Å². The van der Waals surface area contributed by atoms with Crippen LogP contribution in [0.15, 0.2) is 71.8 Å². The van der Waals surface area contributed by atoms with Gasteiger partial charge in [-0.15, -0.1) is 0 Å². The van der Waals surface area contributed by atoms with E-state index >= 15 is 0 Å². The van der Waals surface area contributed by atoms with E-state index in [1.54, 1.807) is 48.5 Å². The average molecular weight is 424 g/mol. The highest BCUT2D eigenvalue weighted by Crippen LogP contribution is 2.15. The van der Waals surface area contributed by atoms with Crippen LogP contribution in [0.25, 0.3) is 0 Å². The maximum absolute atomic E-state index is 12.3. The minimum absolute atomic E-state index is 0.0333. The van der Waals surface area contributed by atoms with E-state index < -0.39 is 11.9 Å². The zero-order valence-electron chi connectivity index (χ0n) is 18.0. The van der Waals surface area contributed by atoms with Gasteiger partial charge in [-0.25, -0.2) is 9.59 Å². The Morgan fingerprint density at radius 3 is 1.61 bits per heavy atom. The first-order chi connectivity index (χ1) is 15.0. The summed E-state index contributed by atoms with van der Waals surface area (Å²) in [5, 5.41) is 0. The molecule has 0 unspecified atom stereocenters. The molecule has 0 aliphatic carbocycles. The van der Waals surface area contributed by atoms with Crippen molar-refractivity contribution >= 4 is 17.9 Å². The van der Waals surface area contributed by atoms with E-state index in [1.165, 1.54) is 6.92 Å². The van der Waals surface area contributed by atoms with Crippen LogP contribution in [-0.2, 0) is 19.0 Å². The third-order valence-corrected chi connectivity index (χ3v) is 4.63. The highest BCUT2D eigenvalue weighted by Gasteiger charge is 2.13. The van der Waals surface area contributed by atoms with Crippen LogP contribution in [0.4, 0.5) is 0 Å². The molecule has 0 atom stereocenters. The number of allylic oxidation sites excluding steroid dienone is 1. The molecular formula is C25H28O6. The van der Waals surface area contributed by atoms with Gasteiger partial charge in [0.05, 0.1) is 17.7 Å². The summed E-state index contributed by atoms with van der Waals surface area (Å²) in [6.07, 6.45) is 2.22. The summed E-state index contributed by atoms with van der Waals surface area (Å²) in [6, 6.07) is 17.5. The second-order valence-corrected chi connectivity index (χ2v) is 7.07. The number of hydrogen-bond donors (Lipinski definition) is 0. The molecule has 2 aromatic rings. The molecular weight excluding hydrogens is 396 g/mol. The van der Waals surface area contributed by atoms with Crippen molar-refractivity contribution in [2.75, 3.05) is 19.8 Å². The summed E-state index contributed by atoms with van der Waals surface area (Å²) < 4.78 is 15.8. The van der Waals surface area contributed by atoms with E-state index in [9.17, 15) is 14.4 Å². The van der Waals surface area contributed by atoms with Crippen LogP contribution in [0, 0.1) is 0 Å². The molecule has 2 rings (SSSR count). The summed E-state index contributed by atoms with van der Waals surface area (Å²) in [6.45, 7) is 3.74. The standard InChI is InChI=1S/C25H28O6/c1-19(11-9-10-16-29-20(2)26)23(17-30-24(27)21-12-5-3-6-13-21)18-31-25(28)22-14-7-4-8-15-22/h3-8,12-15H,9-11,16-18H2,1-2H3. The number of carbonyl (C=O) groups is 3. The molecule has 0 heterocycles. The van der Waals surface area contributed by atoms with Crippen molar-refractivity contribution in [1.82, 2.24) is 0 Å². The van der Waals surface area contributed by atoms with Gasteiger partial charge in [-0.3, -0.25) is 4.79 Å². The van der Waals surface area contributed by atoms with E-state index in [0.717, 1.165) is 24.0 Å². The number of ether oxygens (including phenoxy) is 3. The van der Waals surface area contributed by atoms with Crippen molar-refractivity contribution in [2.24, 2.45) is 0 Å². The predicted octanol–water partition coefficient (Wildman–Crippen LogP) is 4.75. The quantitative estimate of drug-likeness (QED) is 0.224. The molecule has 0 aromatic heterocycles. The lowest BCUT2D eigenvalue weighted by Crippen LogP contribution is -2.15. The van der Waals surface area contributed by atoms with Crippen LogP contribution in [0.2, 0.25) is 0 Å². The van der Waals surface area contributed by atoms with Gasteiger partial charge in [0.1, 0.15) is 13.2 Å². The fourth-order valence-electron chi connectivity index (χ4n) is 2.79. The fourth-order valence-corrected chi connectivity index (χ4v) is 2.79. The summed E-state index contributed by atoms with van der Waals surface area (Å²) in [5.74, 6) is -1.17. The molecule has 0 N–H and O–H groups in total. The molecule has 0 saturated heterocycles. The first kappa shape index (κ1) is 23.9. The fraction of sp³-hybridized carbons (Fsp3) is 0.320. The van der Waals surface area contributed by atoms with Gasteiger partial charge in [0.15, 0.2) is 0 Å². The van der Waals surface area contributed by atoms with Gasteiger partial charge in [-0.1, -0.05) is 42.0 Å². The van der Waals surface area contributed by atoms with Crippen LogP contribution in [0.1, 0.15) is 53.8 Å². The van der Waals surface area contributed by atoms with Gasteiger partial charge in [-0.05, 0) is 50.5 Å². The van der Waals surface area contributed by atoms with Crippen LogP contribution < -0.4 is 0 Å². The van der Waals surface area contributed by atoms with Gasteiger partial charge in [0.2, 0.25) is 0 Å². The zero-order valence-corrected chi connectivity index (χ0v) is 18.0. The Hall–Kier alpha value is -3.41. The predicted molar refractivity (Wildman–Crippen MR) is 117 cm³/mol. The maximum atomic E-state index is 12.3. The van der Waals surface area contributed by atoms with Crippen molar-refractivity contribution < 1.29 is 28.6 Å². The largest absolute Gasteiger partial charge is 0.466 e. The molecule has 6 nitrogen and oxygen atoms in total. The summed E-state index contributed by atoms with van der Waals surface area (Å²) in [7, 11) is 0. The van der Waals surface area contributed by atoms with E-state index in [0.29, 0.717) is 24.2 Å². The Balaban J connectivity index is 1.98. The molecule has 0 aliphatic rings. The number of rotatable bonds is 11. The number of unbranched alkanes of at least 4 members (excludes halogenated alkanes) is 1. The molecule has 0 aliphatic heterocycles. The highest BCUT2D eigenvalue weighted by atomic mass is 16.5. The van der Waals surface area contributed by atoms with E-state index in [-0.39, 0.29) is 19.2 Å². The minimum Gasteiger partial charge on any atom is -0.466 e. The first-order valence-corrected chi connectivity index (χ1v) is 10.2. The number of benzene rings is 2. The second kappa shape index (κ2) is 13.0. The maximum Gasteiger partial charge on any atom is 0.338 e. The van der Waals surface area contributed by atoms with Gasteiger partial charge in [0, 0.05) is 12.5 Å². The summed E-state index contributed by atoms with van der Waals surface area (Å²) in [4.78, 5) is 35.4.